The quantitative estimate of drug-likeness (QED) is 0.226. The fourth-order valence-corrected chi connectivity index (χ4v) is 3.19. The fourth-order valence-electron chi connectivity index (χ4n) is 3.19. The SMILES string of the molecule is C=CC(=O)OCCCCCOc1ccc(C(=O)Nc2ccc(-c3ccc(C#N)cc3)cc2)cc1. The van der Waals surface area contributed by atoms with E-state index in [0.29, 0.717) is 35.8 Å². The molecule has 0 atom stereocenters. The molecule has 3 rings (SSSR count). The van der Waals surface area contributed by atoms with E-state index in [1.165, 1.54) is 0 Å². The minimum atomic E-state index is -0.402. The number of carbonyl (C=O) groups excluding carboxylic acids is 2. The van der Waals surface area contributed by atoms with Gasteiger partial charge in [0.2, 0.25) is 0 Å². The molecule has 3 aromatic carbocycles. The highest BCUT2D eigenvalue weighted by Crippen LogP contribution is 2.22. The maximum atomic E-state index is 12.6. The van der Waals surface area contributed by atoms with Crippen molar-refractivity contribution in [2.75, 3.05) is 18.5 Å². The Labute approximate surface area is 199 Å². The van der Waals surface area contributed by atoms with Crippen LogP contribution in [0.15, 0.2) is 85.5 Å². The number of hydrogen-bond acceptors (Lipinski definition) is 5. The second-order valence-electron chi connectivity index (χ2n) is 7.53. The van der Waals surface area contributed by atoms with Gasteiger partial charge in [-0.15, -0.1) is 0 Å². The largest absolute Gasteiger partial charge is 0.494 e. The summed E-state index contributed by atoms with van der Waals surface area (Å²) >= 11 is 0. The summed E-state index contributed by atoms with van der Waals surface area (Å²) in [5, 5.41) is 11.8. The molecule has 6 nitrogen and oxygen atoms in total. The van der Waals surface area contributed by atoms with E-state index < -0.39 is 5.97 Å². The van der Waals surface area contributed by atoms with Gasteiger partial charge in [-0.25, -0.2) is 4.79 Å². The van der Waals surface area contributed by atoms with Gasteiger partial charge in [-0.2, -0.15) is 5.26 Å². The molecule has 0 saturated carbocycles. The molecule has 1 N–H and O–H groups in total. The fraction of sp³-hybridized carbons (Fsp3) is 0.179. The highest BCUT2D eigenvalue weighted by atomic mass is 16.5. The van der Waals surface area contributed by atoms with Gasteiger partial charge < -0.3 is 14.8 Å². The molecule has 6 heteroatoms. The maximum Gasteiger partial charge on any atom is 0.330 e. The number of nitriles is 1. The lowest BCUT2D eigenvalue weighted by Crippen LogP contribution is -2.11. The van der Waals surface area contributed by atoms with E-state index in [2.05, 4.69) is 18.0 Å². The van der Waals surface area contributed by atoms with Crippen LogP contribution in [0.2, 0.25) is 0 Å². The van der Waals surface area contributed by atoms with E-state index in [1.807, 2.05) is 36.4 Å². The number of amides is 1. The van der Waals surface area contributed by atoms with Crippen molar-refractivity contribution in [3.05, 3.63) is 96.6 Å². The molecule has 172 valence electrons. The number of nitrogens with zero attached hydrogens (tertiary/aromatic N) is 1. The minimum absolute atomic E-state index is 0.202. The smallest absolute Gasteiger partial charge is 0.330 e. The number of hydrogen-bond donors (Lipinski definition) is 1. The van der Waals surface area contributed by atoms with E-state index in [-0.39, 0.29) is 5.91 Å². The van der Waals surface area contributed by atoms with Crippen molar-refractivity contribution in [2.24, 2.45) is 0 Å². The molecule has 0 saturated heterocycles. The van der Waals surface area contributed by atoms with Crippen molar-refractivity contribution in [1.82, 2.24) is 0 Å². The standard InChI is InChI=1S/C28H26N2O4/c1-2-27(31)34-19-5-3-4-18-33-26-16-12-24(13-17-26)28(32)30-25-14-10-23(11-15-25)22-8-6-21(20-29)7-9-22/h2,6-17H,1,3-5,18-19H2,(H,30,32). The van der Waals surface area contributed by atoms with E-state index in [1.54, 1.807) is 36.4 Å². The van der Waals surface area contributed by atoms with E-state index in [4.69, 9.17) is 14.7 Å². The first-order valence-electron chi connectivity index (χ1n) is 11.0. The van der Waals surface area contributed by atoms with Crippen LogP contribution in [-0.2, 0) is 9.53 Å². The van der Waals surface area contributed by atoms with Gasteiger partial charge in [-0.3, -0.25) is 4.79 Å². The monoisotopic (exact) mass is 454 g/mol. The minimum Gasteiger partial charge on any atom is -0.494 e. The summed E-state index contributed by atoms with van der Waals surface area (Å²) in [6, 6.07) is 24.0. The molecule has 0 bridgehead atoms. The zero-order chi connectivity index (χ0) is 24.2. The molecule has 0 heterocycles. The Morgan fingerprint density at radius 2 is 1.47 bits per heavy atom. The Morgan fingerprint density at radius 1 is 0.853 bits per heavy atom. The molecule has 0 unspecified atom stereocenters. The first kappa shape index (κ1) is 24.3. The van der Waals surface area contributed by atoms with Crippen LogP contribution in [0.3, 0.4) is 0 Å². The second kappa shape index (κ2) is 12.6. The maximum absolute atomic E-state index is 12.6. The van der Waals surface area contributed by atoms with Crippen LogP contribution in [0.4, 0.5) is 5.69 Å². The first-order valence-corrected chi connectivity index (χ1v) is 11.0. The van der Waals surface area contributed by atoms with Crippen LogP contribution >= 0.6 is 0 Å². The average molecular weight is 455 g/mol. The molecule has 0 fully saturated rings. The van der Waals surface area contributed by atoms with E-state index in [0.717, 1.165) is 36.5 Å². The Morgan fingerprint density at radius 3 is 2.09 bits per heavy atom. The van der Waals surface area contributed by atoms with Crippen molar-refractivity contribution in [2.45, 2.75) is 19.3 Å². The first-order chi connectivity index (χ1) is 16.6. The molecule has 1 amide bonds. The summed E-state index contributed by atoms with van der Waals surface area (Å²) in [7, 11) is 0. The molecule has 34 heavy (non-hydrogen) atoms. The molecule has 3 aromatic rings. The number of esters is 1. The van der Waals surface area contributed by atoms with Crippen molar-refractivity contribution in [3.8, 4) is 22.9 Å². The lowest BCUT2D eigenvalue weighted by atomic mass is 10.0. The third kappa shape index (κ3) is 7.35. The lowest BCUT2D eigenvalue weighted by Gasteiger charge is -2.09. The number of ether oxygens (including phenoxy) is 2. The number of anilines is 1. The van der Waals surface area contributed by atoms with Gasteiger partial charge in [0.05, 0.1) is 24.8 Å². The highest BCUT2D eigenvalue weighted by Gasteiger charge is 2.07. The van der Waals surface area contributed by atoms with Crippen molar-refractivity contribution >= 4 is 17.6 Å². The van der Waals surface area contributed by atoms with Gasteiger partial charge in [0, 0.05) is 17.3 Å². The predicted octanol–water partition coefficient (Wildman–Crippen LogP) is 5.76. The molecular weight excluding hydrogens is 428 g/mol. The van der Waals surface area contributed by atoms with Crippen LogP contribution in [0, 0.1) is 11.3 Å². The Balaban J connectivity index is 1.43. The zero-order valence-corrected chi connectivity index (χ0v) is 18.8. The second-order valence-corrected chi connectivity index (χ2v) is 7.53. The Hall–Kier alpha value is -4.37. The predicted molar refractivity (Wildman–Crippen MR) is 131 cm³/mol. The number of nitrogens with one attached hydrogen (secondary N) is 1. The van der Waals surface area contributed by atoms with Crippen molar-refractivity contribution in [3.63, 3.8) is 0 Å². The number of rotatable bonds is 11. The summed E-state index contributed by atoms with van der Waals surface area (Å²) in [6.45, 7) is 4.28. The van der Waals surface area contributed by atoms with Crippen LogP contribution in [0.25, 0.3) is 11.1 Å². The average Bonchev–Trinajstić information content (AvgIpc) is 2.88. The molecule has 0 aliphatic heterocycles. The summed E-state index contributed by atoms with van der Waals surface area (Å²) in [6.07, 6.45) is 3.65. The van der Waals surface area contributed by atoms with E-state index in [9.17, 15) is 9.59 Å². The molecule has 0 aromatic heterocycles. The molecule has 0 radical (unpaired) electrons. The van der Waals surface area contributed by atoms with Crippen LogP contribution in [0.1, 0.15) is 35.2 Å². The van der Waals surface area contributed by atoms with Crippen LogP contribution < -0.4 is 10.1 Å². The zero-order valence-electron chi connectivity index (χ0n) is 18.8. The van der Waals surface area contributed by atoms with E-state index >= 15 is 0 Å². The normalized spacial score (nSPS) is 10.1. The third-order valence-electron chi connectivity index (χ3n) is 5.07. The molecule has 0 aliphatic carbocycles. The summed E-state index contributed by atoms with van der Waals surface area (Å²) in [4.78, 5) is 23.5. The van der Waals surface area contributed by atoms with Gasteiger partial charge in [-0.05, 0) is 78.9 Å². The Kier molecular flexibility index (Phi) is 9.00. The van der Waals surface area contributed by atoms with Crippen molar-refractivity contribution < 1.29 is 19.1 Å². The van der Waals surface area contributed by atoms with Gasteiger partial charge in [0.15, 0.2) is 0 Å². The molecule has 0 aliphatic rings. The van der Waals surface area contributed by atoms with Crippen LogP contribution in [-0.4, -0.2) is 25.1 Å². The van der Waals surface area contributed by atoms with Gasteiger partial charge in [0.1, 0.15) is 5.75 Å². The van der Waals surface area contributed by atoms with Crippen molar-refractivity contribution in [1.29, 1.82) is 5.26 Å². The molecular formula is C28H26N2O4. The summed E-state index contributed by atoms with van der Waals surface area (Å²) in [5.74, 6) is 0.0913. The van der Waals surface area contributed by atoms with Gasteiger partial charge in [0.25, 0.3) is 5.91 Å². The van der Waals surface area contributed by atoms with Gasteiger partial charge in [-0.1, -0.05) is 30.8 Å². The number of benzene rings is 3. The van der Waals surface area contributed by atoms with Crippen LogP contribution in [0.5, 0.6) is 5.75 Å². The number of unbranched alkanes of at least 4 members (excludes halogenated alkanes) is 2. The third-order valence-corrected chi connectivity index (χ3v) is 5.07. The highest BCUT2D eigenvalue weighted by molar-refractivity contribution is 6.04. The van der Waals surface area contributed by atoms with Gasteiger partial charge >= 0.3 is 5.97 Å². The summed E-state index contributed by atoms with van der Waals surface area (Å²) < 4.78 is 10.6. The Bertz CT molecular complexity index is 1150. The number of carbonyl (C=O) groups is 2. The summed E-state index contributed by atoms with van der Waals surface area (Å²) in [5.41, 5.74) is 3.85. The molecule has 0 spiro atoms. The topological polar surface area (TPSA) is 88.4 Å². The lowest BCUT2D eigenvalue weighted by molar-refractivity contribution is -0.137.